The molecule has 1 heterocycles. The summed E-state index contributed by atoms with van der Waals surface area (Å²) in [5, 5.41) is 0.770. The molecule has 6 nitrogen and oxygen atoms in total. The van der Waals surface area contributed by atoms with Gasteiger partial charge in [-0.25, -0.2) is 0 Å². The minimum Gasteiger partial charge on any atom is -0.382 e. The first-order valence-corrected chi connectivity index (χ1v) is 8.87. The van der Waals surface area contributed by atoms with Gasteiger partial charge in [-0.05, 0) is 24.6 Å². The maximum Gasteiger partial charge on any atom is 0.253 e. The molecule has 138 valence electrons. The van der Waals surface area contributed by atoms with Crippen molar-refractivity contribution in [1.29, 1.82) is 0 Å². The highest BCUT2D eigenvalue weighted by molar-refractivity contribution is 6.42. The molecule has 2 amide bonds. The zero-order chi connectivity index (χ0) is 18.2. The first-order valence-electron chi connectivity index (χ1n) is 8.11. The van der Waals surface area contributed by atoms with Crippen molar-refractivity contribution in [3.05, 3.63) is 33.8 Å². The summed E-state index contributed by atoms with van der Waals surface area (Å²) >= 11 is 11.9. The van der Waals surface area contributed by atoms with E-state index in [1.54, 1.807) is 35.1 Å². The van der Waals surface area contributed by atoms with Crippen LogP contribution < -0.4 is 0 Å². The van der Waals surface area contributed by atoms with Gasteiger partial charge >= 0.3 is 0 Å². The number of ether oxygens (including phenoxy) is 2. The fourth-order valence-electron chi connectivity index (χ4n) is 2.57. The van der Waals surface area contributed by atoms with Crippen LogP contribution in [0.1, 0.15) is 16.8 Å². The highest BCUT2D eigenvalue weighted by Crippen LogP contribution is 2.23. The third kappa shape index (κ3) is 5.85. The molecular weight excluding hydrogens is 367 g/mol. The number of hydrogen-bond acceptors (Lipinski definition) is 4. The van der Waals surface area contributed by atoms with E-state index in [-0.39, 0.29) is 18.4 Å². The molecule has 1 aliphatic rings. The maximum absolute atomic E-state index is 12.6. The lowest BCUT2D eigenvalue weighted by molar-refractivity contribution is -0.136. The van der Waals surface area contributed by atoms with E-state index < -0.39 is 0 Å². The van der Waals surface area contributed by atoms with Gasteiger partial charge in [-0.3, -0.25) is 9.59 Å². The van der Waals surface area contributed by atoms with Crippen LogP contribution in [0.5, 0.6) is 0 Å². The zero-order valence-corrected chi connectivity index (χ0v) is 15.7. The third-order valence-corrected chi connectivity index (χ3v) is 4.70. The summed E-state index contributed by atoms with van der Waals surface area (Å²) in [7, 11) is 1.58. The molecule has 2 rings (SSSR count). The second-order valence-electron chi connectivity index (χ2n) is 5.70. The molecule has 25 heavy (non-hydrogen) atoms. The molecule has 0 aliphatic carbocycles. The van der Waals surface area contributed by atoms with Crippen LogP contribution in [0.2, 0.25) is 10.0 Å². The van der Waals surface area contributed by atoms with Crippen LogP contribution in [0, 0.1) is 0 Å². The van der Waals surface area contributed by atoms with Crippen LogP contribution in [-0.2, 0) is 14.3 Å². The Morgan fingerprint density at radius 3 is 2.48 bits per heavy atom. The van der Waals surface area contributed by atoms with Gasteiger partial charge in [0.2, 0.25) is 5.91 Å². The van der Waals surface area contributed by atoms with E-state index in [0.717, 1.165) is 6.42 Å². The Balaban J connectivity index is 1.88. The summed E-state index contributed by atoms with van der Waals surface area (Å²) in [6.07, 6.45) is 0.719. The zero-order valence-electron chi connectivity index (χ0n) is 14.2. The van der Waals surface area contributed by atoms with Crippen LogP contribution in [0.3, 0.4) is 0 Å². The van der Waals surface area contributed by atoms with Gasteiger partial charge in [0.1, 0.15) is 6.61 Å². The van der Waals surface area contributed by atoms with Gasteiger partial charge in [0, 0.05) is 38.9 Å². The largest absolute Gasteiger partial charge is 0.382 e. The number of rotatable bonds is 6. The van der Waals surface area contributed by atoms with E-state index in [1.165, 1.54) is 0 Å². The van der Waals surface area contributed by atoms with Gasteiger partial charge in [-0.15, -0.1) is 0 Å². The number of carbonyl (C=O) groups excluding carboxylic acids is 2. The van der Waals surface area contributed by atoms with E-state index in [1.807, 2.05) is 0 Å². The number of benzene rings is 1. The van der Waals surface area contributed by atoms with Gasteiger partial charge < -0.3 is 19.3 Å². The Kier molecular flexibility index (Phi) is 7.96. The normalized spacial score (nSPS) is 15.2. The highest BCUT2D eigenvalue weighted by Gasteiger charge is 2.23. The van der Waals surface area contributed by atoms with Crippen LogP contribution in [0.15, 0.2) is 18.2 Å². The molecule has 1 aliphatic heterocycles. The Hall–Kier alpha value is -1.34. The van der Waals surface area contributed by atoms with Crippen molar-refractivity contribution in [2.45, 2.75) is 6.42 Å². The average Bonchev–Trinajstić information content (AvgIpc) is 2.86. The van der Waals surface area contributed by atoms with Crippen LogP contribution in [0.4, 0.5) is 0 Å². The molecule has 1 aromatic carbocycles. The van der Waals surface area contributed by atoms with Crippen molar-refractivity contribution in [1.82, 2.24) is 9.80 Å². The Morgan fingerprint density at radius 1 is 1.04 bits per heavy atom. The van der Waals surface area contributed by atoms with Gasteiger partial charge in [0.15, 0.2) is 0 Å². The smallest absolute Gasteiger partial charge is 0.253 e. The van der Waals surface area contributed by atoms with E-state index in [9.17, 15) is 9.59 Å². The van der Waals surface area contributed by atoms with Gasteiger partial charge in [0.25, 0.3) is 5.91 Å². The number of hydrogen-bond donors (Lipinski definition) is 0. The molecule has 0 saturated carbocycles. The minimum atomic E-state index is -0.107. The van der Waals surface area contributed by atoms with Crippen LogP contribution in [-0.4, -0.2) is 74.7 Å². The summed E-state index contributed by atoms with van der Waals surface area (Å²) in [4.78, 5) is 28.3. The van der Waals surface area contributed by atoms with Crippen LogP contribution >= 0.6 is 23.2 Å². The summed E-state index contributed by atoms with van der Waals surface area (Å²) in [6, 6.07) is 4.85. The number of amides is 2. The monoisotopic (exact) mass is 388 g/mol. The molecule has 0 spiro atoms. The molecule has 1 saturated heterocycles. The molecular formula is C17H22Cl2N2O4. The van der Waals surface area contributed by atoms with Gasteiger partial charge in [-0.2, -0.15) is 0 Å². The molecule has 0 atom stereocenters. The van der Waals surface area contributed by atoms with Crippen molar-refractivity contribution in [3.8, 4) is 0 Å². The van der Waals surface area contributed by atoms with Crippen molar-refractivity contribution in [2.24, 2.45) is 0 Å². The molecule has 0 N–H and O–H groups in total. The highest BCUT2D eigenvalue weighted by atomic mass is 35.5. The molecule has 0 unspecified atom stereocenters. The van der Waals surface area contributed by atoms with Crippen molar-refractivity contribution in [2.75, 3.05) is 53.1 Å². The topological polar surface area (TPSA) is 59.1 Å². The summed E-state index contributed by atoms with van der Waals surface area (Å²) < 4.78 is 10.1. The molecule has 1 aromatic rings. The number of carbonyl (C=O) groups is 2. The second kappa shape index (κ2) is 9.97. The van der Waals surface area contributed by atoms with Crippen LogP contribution in [0.25, 0.3) is 0 Å². The lowest BCUT2D eigenvalue weighted by Crippen LogP contribution is -2.39. The van der Waals surface area contributed by atoms with E-state index in [2.05, 4.69) is 0 Å². The lowest BCUT2D eigenvalue weighted by Gasteiger charge is -2.22. The minimum absolute atomic E-state index is 0.0318. The summed E-state index contributed by atoms with van der Waals surface area (Å²) in [5.41, 5.74) is 0.497. The fourth-order valence-corrected chi connectivity index (χ4v) is 2.87. The van der Waals surface area contributed by atoms with Crippen molar-refractivity contribution >= 4 is 35.0 Å². The van der Waals surface area contributed by atoms with Gasteiger partial charge in [-0.1, -0.05) is 23.2 Å². The number of methoxy groups -OCH3 is 1. The Morgan fingerprint density at radius 2 is 1.76 bits per heavy atom. The van der Waals surface area contributed by atoms with E-state index >= 15 is 0 Å². The average molecular weight is 389 g/mol. The quantitative estimate of drug-likeness (QED) is 0.701. The van der Waals surface area contributed by atoms with E-state index in [0.29, 0.717) is 55.0 Å². The second-order valence-corrected chi connectivity index (χ2v) is 6.52. The SMILES string of the molecule is COCCOCC(=O)N1CCCN(C(=O)c2ccc(Cl)c(Cl)c2)CC1. The number of halogens is 2. The van der Waals surface area contributed by atoms with Crippen molar-refractivity contribution < 1.29 is 19.1 Å². The standard InChI is InChI=1S/C17H22Cl2N2O4/c1-24-9-10-25-12-16(22)20-5-2-6-21(8-7-20)17(23)13-3-4-14(18)15(19)11-13/h3-4,11H,2,5-10,12H2,1H3. The van der Waals surface area contributed by atoms with Crippen molar-refractivity contribution in [3.63, 3.8) is 0 Å². The van der Waals surface area contributed by atoms with E-state index in [4.69, 9.17) is 32.7 Å². The molecule has 0 aromatic heterocycles. The molecule has 8 heteroatoms. The number of nitrogens with zero attached hydrogens (tertiary/aromatic N) is 2. The first-order chi connectivity index (χ1) is 12.0. The summed E-state index contributed by atoms with van der Waals surface area (Å²) in [5.74, 6) is -0.177. The molecule has 0 bridgehead atoms. The maximum atomic E-state index is 12.6. The Labute approximate surface area is 157 Å². The molecule has 0 radical (unpaired) electrons. The predicted octanol–water partition coefficient (Wildman–Crippen LogP) is 2.33. The lowest BCUT2D eigenvalue weighted by atomic mass is 10.2. The fraction of sp³-hybridized carbons (Fsp3) is 0.529. The van der Waals surface area contributed by atoms with Gasteiger partial charge in [0.05, 0.1) is 23.3 Å². The Bertz CT molecular complexity index is 612. The third-order valence-electron chi connectivity index (χ3n) is 3.96. The molecule has 1 fully saturated rings. The summed E-state index contributed by atoms with van der Waals surface area (Å²) in [6.45, 7) is 3.04. The first kappa shape index (κ1) is 20.0. The predicted molar refractivity (Wildman–Crippen MR) is 96.3 cm³/mol.